The van der Waals surface area contributed by atoms with Gasteiger partial charge in [0.05, 0.1) is 5.54 Å². The highest BCUT2D eigenvalue weighted by Gasteiger charge is 2.29. The fraction of sp³-hybridized carbons (Fsp3) is 0.778. The Morgan fingerprint density at radius 1 is 1.21 bits per heavy atom. The summed E-state index contributed by atoms with van der Waals surface area (Å²) in [4.78, 5) is 22.2. The number of hydrogen-bond donors (Lipinski definition) is 3. The molecule has 0 rings (SSSR count). The smallest absolute Gasteiger partial charge is 0.239 e. The van der Waals surface area contributed by atoms with Crippen molar-refractivity contribution in [3.8, 4) is 0 Å². The van der Waals surface area contributed by atoms with Crippen molar-refractivity contribution in [2.24, 2.45) is 11.5 Å². The predicted octanol–water partition coefficient (Wildman–Crippen LogP) is -0.506. The number of hydrogen-bond acceptors (Lipinski definition) is 3. The van der Waals surface area contributed by atoms with E-state index in [1.807, 2.05) is 0 Å². The minimum Gasteiger partial charge on any atom is -0.370 e. The molecule has 0 spiro atoms. The van der Waals surface area contributed by atoms with Gasteiger partial charge in [0, 0.05) is 12.0 Å². The number of nitrogens with one attached hydrogen (secondary N) is 1. The highest BCUT2D eigenvalue weighted by molar-refractivity contribution is 5.86. The molecular formula is C9H19N3O2. The molecule has 0 saturated carbocycles. The van der Waals surface area contributed by atoms with Gasteiger partial charge in [-0.3, -0.25) is 9.59 Å². The minimum absolute atomic E-state index is 0.0921. The molecule has 5 nitrogen and oxygen atoms in total. The molecule has 0 aromatic carbocycles. The molecule has 5 N–H and O–H groups in total. The second-order valence-corrected chi connectivity index (χ2v) is 4.70. The van der Waals surface area contributed by atoms with E-state index in [9.17, 15) is 9.59 Å². The van der Waals surface area contributed by atoms with Crippen LogP contribution in [-0.4, -0.2) is 22.9 Å². The maximum Gasteiger partial charge on any atom is 0.239 e. The molecule has 0 aliphatic rings. The lowest BCUT2D eigenvalue weighted by Crippen LogP contribution is -2.56. The summed E-state index contributed by atoms with van der Waals surface area (Å²) in [6.45, 7) is 6.65. The molecule has 0 atom stereocenters. The van der Waals surface area contributed by atoms with Crippen molar-refractivity contribution in [1.82, 2.24) is 5.32 Å². The van der Waals surface area contributed by atoms with Crippen molar-refractivity contribution in [3.05, 3.63) is 0 Å². The molecule has 14 heavy (non-hydrogen) atoms. The molecule has 0 aromatic rings. The molecule has 0 aliphatic carbocycles. The van der Waals surface area contributed by atoms with Crippen LogP contribution in [0.2, 0.25) is 0 Å². The zero-order chi connectivity index (χ0) is 11.6. The van der Waals surface area contributed by atoms with Gasteiger partial charge in [-0.25, -0.2) is 0 Å². The average Bonchev–Trinajstić information content (AvgIpc) is 1.79. The lowest BCUT2D eigenvalue weighted by Gasteiger charge is -2.29. The van der Waals surface area contributed by atoms with Crippen molar-refractivity contribution < 1.29 is 9.59 Å². The molecule has 0 saturated heterocycles. The van der Waals surface area contributed by atoms with Crippen molar-refractivity contribution >= 4 is 11.8 Å². The van der Waals surface area contributed by atoms with E-state index >= 15 is 0 Å². The Morgan fingerprint density at radius 2 is 1.64 bits per heavy atom. The van der Waals surface area contributed by atoms with E-state index in [-0.39, 0.29) is 12.3 Å². The maximum absolute atomic E-state index is 11.5. The summed E-state index contributed by atoms with van der Waals surface area (Å²) in [7, 11) is 0. The number of primary amides is 1. The van der Waals surface area contributed by atoms with E-state index in [2.05, 4.69) is 5.32 Å². The van der Waals surface area contributed by atoms with Gasteiger partial charge in [0.1, 0.15) is 0 Å². The summed E-state index contributed by atoms with van der Waals surface area (Å²) in [5, 5.41) is 2.66. The van der Waals surface area contributed by atoms with Crippen LogP contribution in [0.1, 0.15) is 34.1 Å². The van der Waals surface area contributed by atoms with Crippen LogP contribution < -0.4 is 16.8 Å². The van der Waals surface area contributed by atoms with E-state index in [0.717, 1.165) is 0 Å². The van der Waals surface area contributed by atoms with Crippen LogP contribution >= 0.6 is 0 Å². The summed E-state index contributed by atoms with van der Waals surface area (Å²) in [5.41, 5.74) is 9.03. The number of carbonyl (C=O) groups is 2. The SMILES string of the molecule is CC(C)(CC(N)=O)NC(=O)C(C)(C)N. The molecule has 0 aliphatic heterocycles. The van der Waals surface area contributed by atoms with Crippen LogP contribution in [0.4, 0.5) is 0 Å². The lowest BCUT2D eigenvalue weighted by atomic mass is 9.97. The molecule has 0 bridgehead atoms. The first kappa shape index (κ1) is 12.9. The number of nitrogens with two attached hydrogens (primary N) is 2. The zero-order valence-electron chi connectivity index (χ0n) is 9.18. The third-order valence-electron chi connectivity index (χ3n) is 1.65. The molecule has 0 heterocycles. The van der Waals surface area contributed by atoms with Gasteiger partial charge in [-0.15, -0.1) is 0 Å². The van der Waals surface area contributed by atoms with E-state index in [4.69, 9.17) is 11.5 Å². The fourth-order valence-corrected chi connectivity index (χ4v) is 0.948. The average molecular weight is 201 g/mol. The van der Waals surface area contributed by atoms with Crippen molar-refractivity contribution in [3.63, 3.8) is 0 Å². The highest BCUT2D eigenvalue weighted by atomic mass is 16.2. The third kappa shape index (κ3) is 4.81. The van der Waals surface area contributed by atoms with Gasteiger partial charge in [0.2, 0.25) is 11.8 Å². The first-order valence-electron chi connectivity index (χ1n) is 4.44. The molecule has 0 unspecified atom stereocenters. The Morgan fingerprint density at radius 3 is 1.93 bits per heavy atom. The lowest BCUT2D eigenvalue weighted by molar-refractivity contribution is -0.127. The fourth-order valence-electron chi connectivity index (χ4n) is 0.948. The molecule has 0 fully saturated rings. The number of carbonyl (C=O) groups excluding carboxylic acids is 2. The normalized spacial score (nSPS) is 12.4. The number of rotatable bonds is 4. The van der Waals surface area contributed by atoms with Gasteiger partial charge < -0.3 is 16.8 Å². The Kier molecular flexibility index (Phi) is 3.65. The van der Waals surface area contributed by atoms with Gasteiger partial charge in [-0.2, -0.15) is 0 Å². The quantitative estimate of drug-likeness (QED) is 0.571. The molecule has 0 radical (unpaired) electrons. The topological polar surface area (TPSA) is 98.2 Å². The van der Waals surface area contributed by atoms with E-state index < -0.39 is 17.0 Å². The van der Waals surface area contributed by atoms with Gasteiger partial charge in [0.15, 0.2) is 0 Å². The second kappa shape index (κ2) is 3.96. The van der Waals surface area contributed by atoms with E-state index in [0.29, 0.717) is 0 Å². The van der Waals surface area contributed by atoms with Crippen LogP contribution in [0.5, 0.6) is 0 Å². The number of amides is 2. The second-order valence-electron chi connectivity index (χ2n) is 4.70. The van der Waals surface area contributed by atoms with E-state index in [1.165, 1.54) is 0 Å². The predicted molar refractivity (Wildman–Crippen MR) is 54.3 cm³/mol. The summed E-state index contributed by atoms with van der Waals surface area (Å²) in [6, 6.07) is 0. The standard InChI is InChI=1S/C9H19N3O2/c1-8(2,5-6(10)13)12-7(14)9(3,4)11/h5,11H2,1-4H3,(H2,10,13)(H,12,14). The van der Waals surface area contributed by atoms with Crippen LogP contribution in [0, 0.1) is 0 Å². The largest absolute Gasteiger partial charge is 0.370 e. The monoisotopic (exact) mass is 201 g/mol. The maximum atomic E-state index is 11.5. The first-order valence-corrected chi connectivity index (χ1v) is 4.44. The van der Waals surface area contributed by atoms with Crippen molar-refractivity contribution in [2.75, 3.05) is 0 Å². The van der Waals surface area contributed by atoms with E-state index in [1.54, 1.807) is 27.7 Å². The molecular weight excluding hydrogens is 182 g/mol. The van der Waals surface area contributed by atoms with Gasteiger partial charge in [0.25, 0.3) is 0 Å². The van der Waals surface area contributed by atoms with Crippen LogP contribution in [0.3, 0.4) is 0 Å². The minimum atomic E-state index is -0.949. The molecule has 5 heteroatoms. The Bertz CT molecular complexity index is 241. The van der Waals surface area contributed by atoms with Gasteiger partial charge in [-0.1, -0.05) is 0 Å². The van der Waals surface area contributed by atoms with Crippen molar-refractivity contribution in [1.29, 1.82) is 0 Å². The summed E-state index contributed by atoms with van der Waals surface area (Å²) in [6.07, 6.45) is 0.0921. The highest BCUT2D eigenvalue weighted by Crippen LogP contribution is 2.09. The van der Waals surface area contributed by atoms with Crippen molar-refractivity contribution in [2.45, 2.75) is 45.2 Å². The van der Waals surface area contributed by atoms with Gasteiger partial charge >= 0.3 is 0 Å². The zero-order valence-corrected chi connectivity index (χ0v) is 9.18. The summed E-state index contributed by atoms with van der Waals surface area (Å²) >= 11 is 0. The first-order chi connectivity index (χ1) is 6.04. The Balaban J connectivity index is 4.37. The molecule has 2 amide bonds. The Labute approximate surface area is 84.2 Å². The van der Waals surface area contributed by atoms with Gasteiger partial charge in [-0.05, 0) is 27.7 Å². The van der Waals surface area contributed by atoms with Crippen LogP contribution in [0.15, 0.2) is 0 Å². The third-order valence-corrected chi connectivity index (χ3v) is 1.65. The van der Waals surface area contributed by atoms with Crippen LogP contribution in [0.25, 0.3) is 0 Å². The summed E-state index contributed by atoms with van der Waals surface area (Å²) < 4.78 is 0. The Hall–Kier alpha value is -1.10. The summed E-state index contributed by atoms with van der Waals surface area (Å²) in [5.74, 6) is -0.756. The molecule has 82 valence electrons. The van der Waals surface area contributed by atoms with Crippen LogP contribution in [-0.2, 0) is 9.59 Å². The molecule has 0 aromatic heterocycles.